The van der Waals surface area contributed by atoms with Crippen LogP contribution >= 0.6 is 0 Å². The molecule has 2 N–H and O–H groups in total. The summed E-state index contributed by atoms with van der Waals surface area (Å²) in [5, 5.41) is 3.11. The van der Waals surface area contributed by atoms with Crippen LogP contribution in [0, 0.1) is 25.7 Å². The topological polar surface area (TPSA) is 75.3 Å². The SMILES string of the molecule is Cc1ccc(C)c(S(=O)(=O)NCCC(=O)NC(C2CC2)C2CC2)c1. The van der Waals surface area contributed by atoms with Crippen molar-refractivity contribution in [2.45, 2.75) is 56.9 Å². The standard InChI is InChI=1S/C18H26N2O3S/c1-12-3-4-13(2)16(11-12)24(22,23)19-10-9-17(21)20-18(14-5-6-14)15-7-8-15/h3-4,11,14-15,18-19H,5-10H2,1-2H3,(H,20,21). The van der Waals surface area contributed by atoms with Crippen molar-refractivity contribution < 1.29 is 13.2 Å². The van der Waals surface area contributed by atoms with E-state index >= 15 is 0 Å². The molecular weight excluding hydrogens is 324 g/mol. The second-order valence-electron chi connectivity index (χ2n) is 7.18. The van der Waals surface area contributed by atoms with E-state index in [-0.39, 0.29) is 23.8 Å². The highest BCUT2D eigenvalue weighted by molar-refractivity contribution is 7.89. The van der Waals surface area contributed by atoms with Gasteiger partial charge in [-0.1, -0.05) is 12.1 Å². The number of nitrogens with one attached hydrogen (secondary N) is 2. The predicted octanol–water partition coefficient (Wildman–Crippen LogP) is 2.28. The van der Waals surface area contributed by atoms with E-state index in [1.54, 1.807) is 19.1 Å². The van der Waals surface area contributed by atoms with Gasteiger partial charge in [-0.15, -0.1) is 0 Å². The fourth-order valence-electron chi connectivity index (χ4n) is 3.16. The third kappa shape index (κ3) is 4.36. The monoisotopic (exact) mass is 350 g/mol. The molecule has 0 unspecified atom stereocenters. The molecule has 0 saturated heterocycles. The first-order valence-electron chi connectivity index (χ1n) is 8.73. The Morgan fingerprint density at radius 1 is 1.17 bits per heavy atom. The van der Waals surface area contributed by atoms with Gasteiger partial charge in [0.1, 0.15) is 0 Å². The molecule has 1 amide bonds. The van der Waals surface area contributed by atoms with E-state index in [9.17, 15) is 13.2 Å². The number of aryl methyl sites for hydroxylation is 2. The first-order valence-corrected chi connectivity index (χ1v) is 10.2. The second kappa shape index (κ2) is 6.84. The van der Waals surface area contributed by atoms with Crippen LogP contribution < -0.4 is 10.0 Å². The van der Waals surface area contributed by atoms with Crippen molar-refractivity contribution in [1.29, 1.82) is 0 Å². The number of benzene rings is 1. The molecule has 3 rings (SSSR count). The molecule has 5 nitrogen and oxygen atoms in total. The molecule has 2 saturated carbocycles. The molecule has 0 heterocycles. The van der Waals surface area contributed by atoms with Gasteiger partial charge in [0.05, 0.1) is 4.90 Å². The quantitative estimate of drug-likeness (QED) is 0.755. The van der Waals surface area contributed by atoms with Crippen molar-refractivity contribution in [3.8, 4) is 0 Å². The molecule has 0 atom stereocenters. The molecule has 6 heteroatoms. The summed E-state index contributed by atoms with van der Waals surface area (Å²) < 4.78 is 27.4. The van der Waals surface area contributed by atoms with Crippen LogP contribution in [-0.4, -0.2) is 26.9 Å². The Kier molecular flexibility index (Phi) is 4.97. The van der Waals surface area contributed by atoms with Crippen molar-refractivity contribution in [3.05, 3.63) is 29.3 Å². The summed E-state index contributed by atoms with van der Waals surface area (Å²) in [7, 11) is -3.58. The number of amides is 1. The van der Waals surface area contributed by atoms with Crippen molar-refractivity contribution in [2.75, 3.05) is 6.54 Å². The molecule has 1 aromatic rings. The summed E-state index contributed by atoms with van der Waals surface area (Å²) in [6.45, 7) is 3.77. The number of rotatable bonds is 8. The second-order valence-corrected chi connectivity index (χ2v) is 8.92. The van der Waals surface area contributed by atoms with Crippen LogP contribution in [0.2, 0.25) is 0 Å². The Bertz CT molecular complexity index is 710. The molecule has 0 radical (unpaired) electrons. The number of carbonyl (C=O) groups excluding carboxylic acids is 1. The van der Waals surface area contributed by atoms with E-state index < -0.39 is 10.0 Å². The lowest BCUT2D eigenvalue weighted by atomic mass is 10.1. The van der Waals surface area contributed by atoms with Gasteiger partial charge in [-0.2, -0.15) is 0 Å². The van der Waals surface area contributed by atoms with Gasteiger partial charge < -0.3 is 5.32 Å². The number of hydrogen-bond acceptors (Lipinski definition) is 3. The molecule has 0 aromatic heterocycles. The summed E-state index contributed by atoms with van der Waals surface area (Å²) in [5.74, 6) is 1.24. The fourth-order valence-corrected chi connectivity index (χ4v) is 4.52. The van der Waals surface area contributed by atoms with Crippen molar-refractivity contribution in [3.63, 3.8) is 0 Å². The Morgan fingerprint density at radius 3 is 2.38 bits per heavy atom. The first kappa shape index (κ1) is 17.4. The van der Waals surface area contributed by atoms with E-state index in [4.69, 9.17) is 0 Å². The van der Waals surface area contributed by atoms with E-state index in [2.05, 4.69) is 10.0 Å². The molecule has 0 spiro atoms. The van der Waals surface area contributed by atoms with Gasteiger partial charge >= 0.3 is 0 Å². The maximum Gasteiger partial charge on any atom is 0.240 e. The summed E-state index contributed by atoms with van der Waals surface area (Å²) in [6, 6.07) is 5.66. The number of carbonyl (C=O) groups is 1. The van der Waals surface area contributed by atoms with Crippen LogP contribution in [-0.2, 0) is 14.8 Å². The van der Waals surface area contributed by atoms with E-state index in [1.165, 1.54) is 25.7 Å². The average Bonchev–Trinajstić information content (AvgIpc) is 3.39. The van der Waals surface area contributed by atoms with Crippen LogP contribution in [0.4, 0.5) is 0 Å². The van der Waals surface area contributed by atoms with Gasteiger partial charge in [-0.25, -0.2) is 13.1 Å². The largest absolute Gasteiger partial charge is 0.353 e. The van der Waals surface area contributed by atoms with Gasteiger partial charge in [0.15, 0.2) is 0 Å². The summed E-state index contributed by atoms with van der Waals surface area (Å²) in [5.41, 5.74) is 1.61. The Balaban J connectivity index is 1.51. The van der Waals surface area contributed by atoms with Crippen LogP contribution in [0.15, 0.2) is 23.1 Å². The van der Waals surface area contributed by atoms with Crippen molar-refractivity contribution in [2.24, 2.45) is 11.8 Å². The van der Waals surface area contributed by atoms with Gasteiger partial charge in [-0.05, 0) is 68.6 Å². The maximum absolute atomic E-state index is 12.4. The zero-order chi connectivity index (χ0) is 17.3. The minimum atomic E-state index is -3.58. The predicted molar refractivity (Wildman–Crippen MR) is 93.1 cm³/mol. The highest BCUT2D eigenvalue weighted by Crippen LogP contribution is 2.44. The van der Waals surface area contributed by atoms with Crippen LogP contribution in [0.25, 0.3) is 0 Å². The molecule has 0 aliphatic heterocycles. The van der Waals surface area contributed by atoms with Crippen LogP contribution in [0.3, 0.4) is 0 Å². The Morgan fingerprint density at radius 2 is 1.79 bits per heavy atom. The fraction of sp³-hybridized carbons (Fsp3) is 0.611. The minimum absolute atomic E-state index is 0.0533. The van der Waals surface area contributed by atoms with E-state index in [0.29, 0.717) is 23.4 Å². The smallest absolute Gasteiger partial charge is 0.240 e. The highest BCUT2D eigenvalue weighted by atomic mass is 32.2. The molecule has 24 heavy (non-hydrogen) atoms. The van der Waals surface area contributed by atoms with Gasteiger partial charge in [0.2, 0.25) is 15.9 Å². The van der Waals surface area contributed by atoms with Gasteiger partial charge in [0.25, 0.3) is 0 Å². The lowest BCUT2D eigenvalue weighted by molar-refractivity contribution is -0.121. The van der Waals surface area contributed by atoms with E-state index in [0.717, 1.165) is 5.56 Å². The number of hydrogen-bond donors (Lipinski definition) is 2. The maximum atomic E-state index is 12.4. The van der Waals surface area contributed by atoms with Crippen LogP contribution in [0.1, 0.15) is 43.2 Å². The van der Waals surface area contributed by atoms with Crippen LogP contribution in [0.5, 0.6) is 0 Å². The Hall–Kier alpha value is -1.40. The highest BCUT2D eigenvalue weighted by Gasteiger charge is 2.42. The van der Waals surface area contributed by atoms with Gasteiger partial charge in [0, 0.05) is 19.0 Å². The zero-order valence-electron chi connectivity index (χ0n) is 14.3. The molecule has 2 aliphatic rings. The lowest BCUT2D eigenvalue weighted by Crippen LogP contribution is -2.39. The molecule has 2 aliphatic carbocycles. The van der Waals surface area contributed by atoms with Gasteiger partial charge in [-0.3, -0.25) is 4.79 Å². The molecule has 0 bridgehead atoms. The lowest BCUT2D eigenvalue weighted by Gasteiger charge is -2.17. The number of sulfonamides is 1. The average molecular weight is 350 g/mol. The normalized spacial score (nSPS) is 18.0. The zero-order valence-corrected chi connectivity index (χ0v) is 15.2. The summed E-state index contributed by atoms with van der Waals surface area (Å²) >= 11 is 0. The molecular formula is C18H26N2O3S. The first-order chi connectivity index (χ1) is 11.4. The minimum Gasteiger partial charge on any atom is -0.353 e. The summed E-state index contributed by atoms with van der Waals surface area (Å²) in [4.78, 5) is 12.4. The third-order valence-corrected chi connectivity index (χ3v) is 6.47. The summed E-state index contributed by atoms with van der Waals surface area (Å²) in [6.07, 6.45) is 5.02. The molecule has 132 valence electrons. The van der Waals surface area contributed by atoms with Crippen molar-refractivity contribution in [1.82, 2.24) is 10.0 Å². The molecule has 2 fully saturated rings. The third-order valence-electron chi connectivity index (χ3n) is 4.86. The molecule has 1 aromatic carbocycles. The van der Waals surface area contributed by atoms with Crippen molar-refractivity contribution >= 4 is 15.9 Å². The Labute approximate surface area is 144 Å². The van der Waals surface area contributed by atoms with E-state index in [1.807, 2.05) is 13.0 Å².